The van der Waals surface area contributed by atoms with Gasteiger partial charge in [0.25, 0.3) is 0 Å². The van der Waals surface area contributed by atoms with Crippen LogP contribution in [0.25, 0.3) is 11.1 Å². The van der Waals surface area contributed by atoms with Gasteiger partial charge in [-0.15, -0.1) is 0 Å². The van der Waals surface area contributed by atoms with Crippen LogP contribution >= 0.6 is 11.6 Å². The first kappa shape index (κ1) is 12.0. The minimum atomic E-state index is -0.610. The molecule has 0 spiro atoms. The van der Waals surface area contributed by atoms with E-state index in [1.807, 2.05) is 0 Å². The predicted octanol–water partition coefficient (Wildman–Crippen LogP) is 3.74. The fraction of sp³-hybridized carbons (Fsp3) is 0.0769. The van der Waals surface area contributed by atoms with Crippen molar-refractivity contribution in [2.45, 2.75) is 6.54 Å². The van der Waals surface area contributed by atoms with E-state index < -0.39 is 11.6 Å². The number of benzene rings is 2. The van der Waals surface area contributed by atoms with Gasteiger partial charge >= 0.3 is 0 Å². The maximum atomic E-state index is 13.5. The fourth-order valence-electron chi connectivity index (χ4n) is 1.64. The largest absolute Gasteiger partial charge is 0.326 e. The first-order chi connectivity index (χ1) is 8.13. The molecule has 0 aliphatic heterocycles. The van der Waals surface area contributed by atoms with Gasteiger partial charge in [-0.05, 0) is 29.3 Å². The van der Waals surface area contributed by atoms with E-state index in [0.29, 0.717) is 17.1 Å². The second-order valence-corrected chi connectivity index (χ2v) is 4.01. The van der Waals surface area contributed by atoms with E-state index in [4.69, 9.17) is 17.3 Å². The van der Waals surface area contributed by atoms with E-state index in [0.717, 1.165) is 5.56 Å². The minimum absolute atomic E-state index is 0.0713. The minimum Gasteiger partial charge on any atom is -0.326 e. The van der Waals surface area contributed by atoms with Crippen LogP contribution < -0.4 is 5.73 Å². The van der Waals surface area contributed by atoms with Gasteiger partial charge < -0.3 is 5.73 Å². The predicted molar refractivity (Wildman–Crippen MR) is 64.7 cm³/mol. The van der Waals surface area contributed by atoms with Gasteiger partial charge in [0.1, 0.15) is 11.6 Å². The molecule has 0 aliphatic rings. The molecular formula is C13H10ClF2N. The third-order valence-electron chi connectivity index (χ3n) is 2.52. The molecule has 0 saturated carbocycles. The van der Waals surface area contributed by atoms with Crippen LogP contribution in [0.1, 0.15) is 5.56 Å². The van der Waals surface area contributed by atoms with E-state index in [9.17, 15) is 8.78 Å². The molecular weight excluding hydrogens is 244 g/mol. The Labute approximate surface area is 103 Å². The van der Waals surface area contributed by atoms with Crippen LogP contribution in [-0.4, -0.2) is 0 Å². The molecule has 2 aromatic rings. The molecule has 0 atom stereocenters. The highest BCUT2D eigenvalue weighted by Gasteiger charge is 2.11. The number of rotatable bonds is 2. The molecule has 2 aromatic carbocycles. The lowest BCUT2D eigenvalue weighted by Crippen LogP contribution is -1.97. The molecule has 0 radical (unpaired) electrons. The summed E-state index contributed by atoms with van der Waals surface area (Å²) in [6, 6.07) is 8.54. The summed E-state index contributed by atoms with van der Waals surface area (Å²) in [5.74, 6) is -1.22. The molecule has 1 nitrogen and oxygen atoms in total. The van der Waals surface area contributed by atoms with Crippen molar-refractivity contribution in [1.29, 1.82) is 0 Å². The summed E-state index contributed by atoms with van der Waals surface area (Å²) in [7, 11) is 0. The molecule has 2 rings (SSSR count). The van der Waals surface area contributed by atoms with Crippen molar-refractivity contribution in [2.24, 2.45) is 5.73 Å². The summed E-state index contributed by atoms with van der Waals surface area (Å²) < 4.78 is 27.1. The Bertz CT molecular complexity index is 535. The third kappa shape index (κ3) is 2.30. The summed E-state index contributed by atoms with van der Waals surface area (Å²) in [5.41, 5.74) is 6.54. The van der Waals surface area contributed by atoms with Crippen LogP contribution in [0.2, 0.25) is 5.02 Å². The zero-order valence-corrected chi connectivity index (χ0v) is 9.64. The quantitative estimate of drug-likeness (QED) is 0.867. The summed E-state index contributed by atoms with van der Waals surface area (Å²) in [6.07, 6.45) is 0. The highest BCUT2D eigenvalue weighted by molar-refractivity contribution is 6.31. The van der Waals surface area contributed by atoms with Gasteiger partial charge in [-0.25, -0.2) is 8.78 Å². The monoisotopic (exact) mass is 253 g/mol. The van der Waals surface area contributed by atoms with Crippen molar-refractivity contribution in [1.82, 2.24) is 0 Å². The van der Waals surface area contributed by atoms with Crippen LogP contribution in [0.3, 0.4) is 0 Å². The lowest BCUT2D eigenvalue weighted by Gasteiger charge is -2.07. The van der Waals surface area contributed by atoms with Gasteiger partial charge in [-0.2, -0.15) is 0 Å². The van der Waals surface area contributed by atoms with Crippen LogP contribution in [0.15, 0.2) is 36.4 Å². The Balaban J connectivity index is 2.57. The first-order valence-electron chi connectivity index (χ1n) is 5.06. The number of halogens is 3. The van der Waals surface area contributed by atoms with Crippen LogP contribution in [0.4, 0.5) is 8.78 Å². The van der Waals surface area contributed by atoms with Crippen molar-refractivity contribution in [2.75, 3.05) is 0 Å². The molecule has 0 unspecified atom stereocenters. The normalized spacial score (nSPS) is 10.6. The van der Waals surface area contributed by atoms with E-state index >= 15 is 0 Å². The standard InChI is InChI=1S/C13H10ClF2N/c14-10-6-8(4-5-9(10)7-17)13-11(15)2-1-3-12(13)16/h1-6H,7,17H2. The van der Waals surface area contributed by atoms with Crippen LogP contribution in [0.5, 0.6) is 0 Å². The van der Waals surface area contributed by atoms with E-state index in [2.05, 4.69) is 0 Å². The summed E-state index contributed by atoms with van der Waals surface area (Å²) in [4.78, 5) is 0. The zero-order chi connectivity index (χ0) is 12.4. The maximum absolute atomic E-state index is 13.5. The average molecular weight is 254 g/mol. The molecule has 2 N–H and O–H groups in total. The lowest BCUT2D eigenvalue weighted by molar-refractivity contribution is 0.589. The van der Waals surface area contributed by atoms with Gasteiger partial charge in [0, 0.05) is 11.6 Å². The Hall–Kier alpha value is -1.45. The Morgan fingerprint density at radius 1 is 1.06 bits per heavy atom. The molecule has 0 bridgehead atoms. The SMILES string of the molecule is NCc1ccc(-c2c(F)cccc2F)cc1Cl. The second-order valence-electron chi connectivity index (χ2n) is 3.61. The van der Waals surface area contributed by atoms with Gasteiger partial charge in [-0.3, -0.25) is 0 Å². The average Bonchev–Trinajstić information content (AvgIpc) is 2.29. The number of hydrogen-bond donors (Lipinski definition) is 1. The third-order valence-corrected chi connectivity index (χ3v) is 2.88. The summed E-state index contributed by atoms with van der Waals surface area (Å²) in [6.45, 7) is 0.291. The van der Waals surface area contributed by atoms with E-state index in [1.165, 1.54) is 24.3 Å². The molecule has 0 aromatic heterocycles. The molecule has 17 heavy (non-hydrogen) atoms. The lowest BCUT2D eigenvalue weighted by atomic mass is 10.0. The highest BCUT2D eigenvalue weighted by Crippen LogP contribution is 2.29. The molecule has 0 aliphatic carbocycles. The molecule has 0 fully saturated rings. The number of nitrogens with two attached hydrogens (primary N) is 1. The fourth-order valence-corrected chi connectivity index (χ4v) is 1.90. The van der Waals surface area contributed by atoms with Crippen molar-refractivity contribution < 1.29 is 8.78 Å². The first-order valence-corrected chi connectivity index (χ1v) is 5.44. The van der Waals surface area contributed by atoms with Crippen molar-refractivity contribution in [3.8, 4) is 11.1 Å². The highest BCUT2D eigenvalue weighted by atomic mass is 35.5. The van der Waals surface area contributed by atoms with Crippen molar-refractivity contribution >= 4 is 11.6 Å². The van der Waals surface area contributed by atoms with Gasteiger partial charge in [0.15, 0.2) is 0 Å². The van der Waals surface area contributed by atoms with Crippen molar-refractivity contribution in [3.05, 3.63) is 58.6 Å². The second kappa shape index (κ2) is 4.82. The molecule has 88 valence electrons. The summed E-state index contributed by atoms with van der Waals surface area (Å²) >= 11 is 5.96. The van der Waals surface area contributed by atoms with E-state index in [1.54, 1.807) is 12.1 Å². The van der Waals surface area contributed by atoms with Crippen LogP contribution in [0, 0.1) is 11.6 Å². The van der Waals surface area contributed by atoms with Crippen LogP contribution in [-0.2, 0) is 6.54 Å². The topological polar surface area (TPSA) is 26.0 Å². The Morgan fingerprint density at radius 2 is 1.71 bits per heavy atom. The van der Waals surface area contributed by atoms with Gasteiger partial charge in [0.2, 0.25) is 0 Å². The molecule has 0 saturated heterocycles. The Kier molecular flexibility index (Phi) is 3.41. The molecule has 0 heterocycles. The number of hydrogen-bond acceptors (Lipinski definition) is 1. The zero-order valence-electron chi connectivity index (χ0n) is 8.88. The van der Waals surface area contributed by atoms with Gasteiger partial charge in [0.05, 0.1) is 5.56 Å². The van der Waals surface area contributed by atoms with Gasteiger partial charge in [-0.1, -0.05) is 29.8 Å². The molecule has 4 heteroatoms. The Morgan fingerprint density at radius 3 is 2.24 bits per heavy atom. The smallest absolute Gasteiger partial charge is 0.133 e. The summed E-state index contributed by atoms with van der Waals surface area (Å²) in [5, 5.41) is 0.410. The van der Waals surface area contributed by atoms with E-state index in [-0.39, 0.29) is 5.56 Å². The van der Waals surface area contributed by atoms with Crippen molar-refractivity contribution in [3.63, 3.8) is 0 Å². The maximum Gasteiger partial charge on any atom is 0.133 e. The molecule has 0 amide bonds.